The third-order valence-electron chi connectivity index (χ3n) is 2.42. The summed E-state index contributed by atoms with van der Waals surface area (Å²) in [4.78, 5) is 24.1. The second kappa shape index (κ2) is 10.5. The van der Waals surface area contributed by atoms with Gasteiger partial charge in [0.2, 0.25) is 0 Å². The standard InChI is InChI=1S/C11H22N2O6/c1-17-6-4-13(5-7-18-2)11(16)12-8-9(19-3)10(14)15/h9H,4-8H2,1-3H3,(H,12,16)(H,14,15). The van der Waals surface area contributed by atoms with E-state index in [9.17, 15) is 9.59 Å². The summed E-state index contributed by atoms with van der Waals surface area (Å²) in [5.74, 6) is -1.12. The average Bonchev–Trinajstić information content (AvgIpc) is 2.39. The molecule has 2 N–H and O–H groups in total. The van der Waals surface area contributed by atoms with Crippen molar-refractivity contribution in [3.05, 3.63) is 0 Å². The third-order valence-corrected chi connectivity index (χ3v) is 2.42. The minimum absolute atomic E-state index is 0.0961. The van der Waals surface area contributed by atoms with E-state index in [1.165, 1.54) is 26.2 Å². The SMILES string of the molecule is COCCN(CCOC)C(=O)NCC(OC)C(=O)O. The molecule has 0 radical (unpaired) electrons. The van der Waals surface area contributed by atoms with Crippen molar-refractivity contribution in [3.63, 3.8) is 0 Å². The molecule has 0 aromatic heterocycles. The molecule has 0 aliphatic carbocycles. The number of urea groups is 1. The molecule has 0 spiro atoms. The van der Waals surface area contributed by atoms with Gasteiger partial charge in [0.1, 0.15) is 0 Å². The smallest absolute Gasteiger partial charge is 0.334 e. The van der Waals surface area contributed by atoms with Gasteiger partial charge in [-0.05, 0) is 0 Å². The molecule has 8 nitrogen and oxygen atoms in total. The van der Waals surface area contributed by atoms with Crippen LogP contribution >= 0.6 is 0 Å². The highest BCUT2D eigenvalue weighted by Gasteiger charge is 2.19. The van der Waals surface area contributed by atoms with E-state index in [-0.39, 0.29) is 12.6 Å². The lowest BCUT2D eigenvalue weighted by Crippen LogP contribution is -2.47. The molecule has 0 aliphatic rings. The molecule has 0 bridgehead atoms. The molecule has 0 aromatic carbocycles. The summed E-state index contributed by atoms with van der Waals surface area (Å²) in [5, 5.41) is 11.3. The highest BCUT2D eigenvalue weighted by atomic mass is 16.5. The maximum absolute atomic E-state index is 11.9. The van der Waals surface area contributed by atoms with Gasteiger partial charge in [-0.25, -0.2) is 9.59 Å². The van der Waals surface area contributed by atoms with E-state index >= 15 is 0 Å². The van der Waals surface area contributed by atoms with Crippen LogP contribution in [-0.2, 0) is 19.0 Å². The van der Waals surface area contributed by atoms with Crippen molar-refractivity contribution >= 4 is 12.0 Å². The van der Waals surface area contributed by atoms with Gasteiger partial charge in [0.05, 0.1) is 19.8 Å². The highest BCUT2D eigenvalue weighted by molar-refractivity contribution is 5.77. The summed E-state index contributed by atoms with van der Waals surface area (Å²) in [6, 6.07) is -0.377. The Balaban J connectivity index is 4.24. The molecule has 0 rings (SSSR count). The molecule has 0 aliphatic heterocycles. The summed E-state index contributed by atoms with van der Waals surface area (Å²) in [6.45, 7) is 1.49. The highest BCUT2D eigenvalue weighted by Crippen LogP contribution is 1.93. The molecule has 0 aromatic rings. The van der Waals surface area contributed by atoms with Crippen LogP contribution in [0.5, 0.6) is 0 Å². The van der Waals surface area contributed by atoms with Crippen LogP contribution in [0.4, 0.5) is 4.79 Å². The number of nitrogens with zero attached hydrogens (tertiary/aromatic N) is 1. The fourth-order valence-corrected chi connectivity index (χ4v) is 1.28. The van der Waals surface area contributed by atoms with E-state index in [2.05, 4.69) is 5.32 Å². The lowest BCUT2D eigenvalue weighted by atomic mass is 10.3. The van der Waals surface area contributed by atoms with Crippen LogP contribution in [0.3, 0.4) is 0 Å². The van der Waals surface area contributed by atoms with Crippen LogP contribution in [0.15, 0.2) is 0 Å². The number of hydrogen-bond acceptors (Lipinski definition) is 5. The number of ether oxygens (including phenoxy) is 3. The maximum Gasteiger partial charge on any atom is 0.334 e. The summed E-state index contributed by atoms with van der Waals surface area (Å²) < 4.78 is 14.5. The lowest BCUT2D eigenvalue weighted by Gasteiger charge is -2.23. The molecule has 0 saturated carbocycles. The van der Waals surface area contributed by atoms with Gasteiger partial charge in [0, 0.05) is 34.4 Å². The number of aliphatic carboxylic acids is 1. The average molecular weight is 278 g/mol. The van der Waals surface area contributed by atoms with Gasteiger partial charge in [-0.3, -0.25) is 0 Å². The van der Waals surface area contributed by atoms with E-state index in [0.717, 1.165) is 0 Å². The lowest BCUT2D eigenvalue weighted by molar-refractivity contribution is -0.148. The zero-order valence-corrected chi connectivity index (χ0v) is 11.5. The predicted octanol–water partition coefficient (Wildman–Crippen LogP) is -0.610. The van der Waals surface area contributed by atoms with Crippen molar-refractivity contribution in [1.82, 2.24) is 10.2 Å². The summed E-state index contributed by atoms with van der Waals surface area (Å²) in [6.07, 6.45) is -1.06. The molecule has 19 heavy (non-hydrogen) atoms. The first-order valence-electron chi connectivity index (χ1n) is 5.83. The van der Waals surface area contributed by atoms with Crippen molar-refractivity contribution < 1.29 is 28.9 Å². The Morgan fingerprint density at radius 3 is 2.05 bits per heavy atom. The molecule has 1 atom stereocenters. The monoisotopic (exact) mass is 278 g/mol. The van der Waals surface area contributed by atoms with E-state index in [1.54, 1.807) is 0 Å². The van der Waals surface area contributed by atoms with E-state index in [0.29, 0.717) is 26.3 Å². The molecule has 112 valence electrons. The number of carboxylic acids is 1. The Hall–Kier alpha value is -1.38. The quantitative estimate of drug-likeness (QED) is 0.553. The van der Waals surface area contributed by atoms with Crippen molar-refractivity contribution in [2.75, 3.05) is 54.2 Å². The molecule has 0 heterocycles. The Morgan fingerprint density at radius 2 is 1.68 bits per heavy atom. The largest absolute Gasteiger partial charge is 0.479 e. The third kappa shape index (κ3) is 7.60. The number of carbonyl (C=O) groups is 2. The maximum atomic E-state index is 11.9. The predicted molar refractivity (Wildman–Crippen MR) is 67.2 cm³/mol. The van der Waals surface area contributed by atoms with Gasteiger partial charge >= 0.3 is 12.0 Å². The van der Waals surface area contributed by atoms with Crippen molar-refractivity contribution in [2.45, 2.75) is 6.10 Å². The number of hydrogen-bond donors (Lipinski definition) is 2. The normalized spacial score (nSPS) is 11.9. The van der Waals surface area contributed by atoms with Gasteiger partial charge < -0.3 is 29.5 Å². The van der Waals surface area contributed by atoms with Crippen LogP contribution in [0.2, 0.25) is 0 Å². The van der Waals surface area contributed by atoms with Crippen molar-refractivity contribution in [2.24, 2.45) is 0 Å². The minimum atomic E-state index is -1.12. The van der Waals surface area contributed by atoms with Gasteiger partial charge in [0.15, 0.2) is 6.10 Å². The van der Waals surface area contributed by atoms with Crippen LogP contribution < -0.4 is 5.32 Å². The number of amides is 2. The molecule has 0 fully saturated rings. The van der Waals surface area contributed by atoms with E-state index in [4.69, 9.17) is 19.3 Å². The van der Waals surface area contributed by atoms with Crippen LogP contribution in [0, 0.1) is 0 Å². The molecule has 2 amide bonds. The van der Waals surface area contributed by atoms with Gasteiger partial charge in [-0.2, -0.15) is 0 Å². The summed E-state index contributed by atoms with van der Waals surface area (Å²) in [5.41, 5.74) is 0. The number of carbonyl (C=O) groups excluding carboxylic acids is 1. The van der Waals surface area contributed by atoms with Gasteiger partial charge in [-0.1, -0.05) is 0 Å². The van der Waals surface area contributed by atoms with Crippen LogP contribution in [0.1, 0.15) is 0 Å². The molecule has 0 saturated heterocycles. The van der Waals surface area contributed by atoms with Crippen molar-refractivity contribution in [1.29, 1.82) is 0 Å². The number of nitrogens with one attached hydrogen (secondary N) is 1. The second-order valence-electron chi connectivity index (χ2n) is 3.72. The topological polar surface area (TPSA) is 97.3 Å². The molecular formula is C11H22N2O6. The number of rotatable bonds is 10. The Morgan fingerprint density at radius 1 is 1.16 bits per heavy atom. The van der Waals surface area contributed by atoms with Gasteiger partial charge in [0.25, 0.3) is 0 Å². The molecular weight excluding hydrogens is 256 g/mol. The second-order valence-corrected chi connectivity index (χ2v) is 3.72. The Bertz CT molecular complexity index is 266. The Labute approximate surface area is 112 Å². The number of carboxylic acid groups (broad SMARTS) is 1. The zero-order chi connectivity index (χ0) is 14.7. The summed E-state index contributed by atoms with van der Waals surface area (Å²) >= 11 is 0. The van der Waals surface area contributed by atoms with Crippen LogP contribution in [0.25, 0.3) is 0 Å². The zero-order valence-electron chi connectivity index (χ0n) is 11.5. The Kier molecular flexibility index (Phi) is 9.77. The fourth-order valence-electron chi connectivity index (χ4n) is 1.28. The number of methoxy groups -OCH3 is 3. The first-order chi connectivity index (χ1) is 9.06. The van der Waals surface area contributed by atoms with Gasteiger partial charge in [-0.15, -0.1) is 0 Å². The molecule has 8 heteroatoms. The first kappa shape index (κ1) is 17.6. The minimum Gasteiger partial charge on any atom is -0.479 e. The van der Waals surface area contributed by atoms with Crippen molar-refractivity contribution in [3.8, 4) is 0 Å². The van der Waals surface area contributed by atoms with E-state index in [1.807, 2.05) is 0 Å². The fraction of sp³-hybridized carbons (Fsp3) is 0.818. The van der Waals surface area contributed by atoms with Crippen LogP contribution in [-0.4, -0.2) is 82.3 Å². The first-order valence-corrected chi connectivity index (χ1v) is 5.83. The molecule has 1 unspecified atom stereocenters. The van der Waals surface area contributed by atoms with E-state index < -0.39 is 12.1 Å². The summed E-state index contributed by atoms with van der Waals surface area (Å²) in [7, 11) is 4.36.